The molecule has 0 aliphatic carbocycles. The van der Waals surface area contributed by atoms with E-state index in [0.29, 0.717) is 0 Å². The van der Waals surface area contributed by atoms with E-state index in [1.165, 1.54) is 0 Å². The van der Waals surface area contributed by atoms with Crippen LogP contribution in [0, 0.1) is 5.92 Å². The smallest absolute Gasteiger partial charge is 0.355 e. The van der Waals surface area contributed by atoms with Crippen LogP contribution in [0.4, 0.5) is 13.2 Å². The normalized spacial score (nSPS) is 21.3. The van der Waals surface area contributed by atoms with Gasteiger partial charge in [-0.2, -0.15) is 13.2 Å². The van der Waals surface area contributed by atoms with Gasteiger partial charge in [-0.05, 0) is 0 Å². The lowest BCUT2D eigenvalue weighted by molar-refractivity contribution is -0.192. The molecule has 1 unspecified atom stereocenters. The van der Waals surface area contributed by atoms with Gasteiger partial charge in [0.25, 0.3) is 0 Å². The van der Waals surface area contributed by atoms with Crippen LogP contribution in [-0.2, 0) is 14.4 Å². The summed E-state index contributed by atoms with van der Waals surface area (Å²) in [5.74, 6) is -1.69. The number of hydrogen-bond acceptors (Lipinski definition) is 3. The third-order valence-electron chi connectivity index (χ3n) is 1.76. The van der Waals surface area contributed by atoms with Gasteiger partial charge in [0.1, 0.15) is 0 Å². The molecular weight excluding hydrogens is 217 g/mol. The first-order valence-corrected chi connectivity index (χ1v) is 4.13. The van der Waals surface area contributed by atoms with Gasteiger partial charge in [-0.15, -0.1) is 0 Å². The Morgan fingerprint density at radius 3 is 2.73 bits per heavy atom. The summed E-state index contributed by atoms with van der Waals surface area (Å²) in [6, 6.07) is 0. The van der Waals surface area contributed by atoms with Crippen molar-refractivity contribution in [2.75, 3.05) is 13.2 Å². The third-order valence-corrected chi connectivity index (χ3v) is 1.76. The minimum Gasteiger partial charge on any atom is -0.355 e. The maximum absolute atomic E-state index is 11.6. The summed E-state index contributed by atoms with van der Waals surface area (Å²) in [5.41, 5.74) is 1.65. The summed E-state index contributed by atoms with van der Waals surface area (Å²) in [6.45, 7) is -1.42. The zero-order chi connectivity index (χ0) is 11.5. The first-order valence-electron chi connectivity index (χ1n) is 4.13. The molecule has 0 spiro atoms. The Bertz CT molecular complexity index is 267. The molecule has 2 amide bonds. The lowest BCUT2D eigenvalue weighted by Gasteiger charge is -2.10. The highest BCUT2D eigenvalue weighted by atomic mass is 19.4. The molecule has 0 aromatic rings. The van der Waals surface area contributed by atoms with E-state index in [2.05, 4.69) is 10.2 Å². The maximum atomic E-state index is 11.6. The first-order chi connectivity index (χ1) is 6.88. The standard InChI is InChI=1S/C7H9F3N2O3/c8-7(9,10)3-15-12-6(14)4-1-5(13)11-2-4/h4H,1-3H2,(H,11,13)(H,12,14). The molecule has 1 fully saturated rings. The predicted octanol–water partition coefficient (Wildman–Crippen LogP) is -0.267. The summed E-state index contributed by atoms with van der Waals surface area (Å²) in [4.78, 5) is 25.7. The molecule has 86 valence electrons. The van der Waals surface area contributed by atoms with Crippen LogP contribution in [0.1, 0.15) is 6.42 Å². The molecule has 1 aliphatic rings. The highest BCUT2D eigenvalue weighted by Gasteiger charge is 2.31. The van der Waals surface area contributed by atoms with Gasteiger partial charge < -0.3 is 5.32 Å². The quantitative estimate of drug-likeness (QED) is 0.651. The van der Waals surface area contributed by atoms with E-state index in [4.69, 9.17) is 0 Å². The van der Waals surface area contributed by atoms with Crippen LogP contribution in [0.5, 0.6) is 0 Å². The summed E-state index contributed by atoms with van der Waals surface area (Å²) < 4.78 is 34.8. The lowest BCUT2D eigenvalue weighted by atomic mass is 10.1. The predicted molar refractivity (Wildman–Crippen MR) is 41.3 cm³/mol. The summed E-state index contributed by atoms with van der Waals surface area (Å²) in [5, 5.41) is 2.38. The fourth-order valence-corrected chi connectivity index (χ4v) is 1.06. The minimum atomic E-state index is -4.49. The Kier molecular flexibility index (Phi) is 3.51. The number of alkyl halides is 3. The molecule has 1 rings (SSSR count). The van der Waals surface area contributed by atoms with E-state index in [9.17, 15) is 22.8 Å². The van der Waals surface area contributed by atoms with Gasteiger partial charge >= 0.3 is 6.18 Å². The van der Waals surface area contributed by atoms with Gasteiger partial charge in [0.05, 0.1) is 5.92 Å². The summed E-state index contributed by atoms with van der Waals surface area (Å²) in [7, 11) is 0. The Balaban J connectivity index is 2.22. The number of rotatable bonds is 3. The summed E-state index contributed by atoms with van der Waals surface area (Å²) in [6.07, 6.45) is -4.52. The average molecular weight is 226 g/mol. The van der Waals surface area contributed by atoms with Gasteiger partial charge in [-0.25, -0.2) is 5.48 Å². The van der Waals surface area contributed by atoms with Crippen LogP contribution < -0.4 is 10.8 Å². The van der Waals surface area contributed by atoms with Gasteiger partial charge in [-0.3, -0.25) is 14.4 Å². The molecule has 1 saturated heterocycles. The van der Waals surface area contributed by atoms with Crippen molar-refractivity contribution in [2.24, 2.45) is 5.92 Å². The molecule has 2 N–H and O–H groups in total. The zero-order valence-electron chi connectivity index (χ0n) is 7.56. The molecule has 1 atom stereocenters. The molecule has 8 heteroatoms. The number of nitrogens with one attached hydrogen (secondary N) is 2. The highest BCUT2D eigenvalue weighted by Crippen LogP contribution is 2.14. The third kappa shape index (κ3) is 4.15. The molecule has 0 bridgehead atoms. The van der Waals surface area contributed by atoms with E-state index in [1.807, 2.05) is 0 Å². The Labute approximate surface area is 82.9 Å². The second-order valence-electron chi connectivity index (χ2n) is 3.08. The van der Waals surface area contributed by atoms with E-state index in [0.717, 1.165) is 0 Å². The van der Waals surface area contributed by atoms with Crippen LogP contribution >= 0.6 is 0 Å². The van der Waals surface area contributed by atoms with Crippen molar-refractivity contribution >= 4 is 11.8 Å². The van der Waals surface area contributed by atoms with E-state index in [1.54, 1.807) is 5.48 Å². The molecule has 1 aliphatic heterocycles. The summed E-state index contributed by atoms with van der Waals surface area (Å²) >= 11 is 0. The van der Waals surface area contributed by atoms with Crippen molar-refractivity contribution < 1.29 is 27.6 Å². The van der Waals surface area contributed by atoms with Crippen molar-refractivity contribution in [1.29, 1.82) is 0 Å². The zero-order valence-corrected chi connectivity index (χ0v) is 7.56. The Morgan fingerprint density at radius 1 is 1.60 bits per heavy atom. The van der Waals surface area contributed by atoms with Crippen molar-refractivity contribution in [3.63, 3.8) is 0 Å². The number of hydroxylamine groups is 1. The van der Waals surface area contributed by atoms with Crippen LogP contribution in [0.25, 0.3) is 0 Å². The molecule has 1 heterocycles. The van der Waals surface area contributed by atoms with Crippen LogP contribution in [0.2, 0.25) is 0 Å². The first kappa shape index (κ1) is 11.8. The second kappa shape index (κ2) is 4.47. The molecule has 0 aromatic carbocycles. The van der Waals surface area contributed by atoms with Crippen LogP contribution in [0.15, 0.2) is 0 Å². The largest absolute Gasteiger partial charge is 0.414 e. The van der Waals surface area contributed by atoms with E-state index >= 15 is 0 Å². The van der Waals surface area contributed by atoms with Crippen molar-refractivity contribution in [1.82, 2.24) is 10.8 Å². The molecule has 15 heavy (non-hydrogen) atoms. The lowest BCUT2D eigenvalue weighted by Crippen LogP contribution is -2.34. The monoisotopic (exact) mass is 226 g/mol. The number of carbonyl (C=O) groups excluding carboxylic acids is 2. The molecular formula is C7H9F3N2O3. The van der Waals surface area contributed by atoms with Crippen molar-refractivity contribution in [2.45, 2.75) is 12.6 Å². The fourth-order valence-electron chi connectivity index (χ4n) is 1.06. The molecule has 0 saturated carbocycles. The second-order valence-corrected chi connectivity index (χ2v) is 3.08. The number of hydrogen-bond donors (Lipinski definition) is 2. The van der Waals surface area contributed by atoms with Crippen molar-refractivity contribution in [3.8, 4) is 0 Å². The van der Waals surface area contributed by atoms with Gasteiger partial charge in [0.15, 0.2) is 6.61 Å². The van der Waals surface area contributed by atoms with Gasteiger partial charge in [0.2, 0.25) is 11.8 Å². The fraction of sp³-hybridized carbons (Fsp3) is 0.714. The van der Waals surface area contributed by atoms with E-state index in [-0.39, 0.29) is 18.9 Å². The number of carbonyl (C=O) groups is 2. The molecule has 5 nitrogen and oxygen atoms in total. The van der Waals surface area contributed by atoms with Gasteiger partial charge in [0, 0.05) is 13.0 Å². The number of halogens is 3. The van der Waals surface area contributed by atoms with Crippen molar-refractivity contribution in [3.05, 3.63) is 0 Å². The SMILES string of the molecule is O=C1CC(C(=O)NOCC(F)(F)F)CN1. The maximum Gasteiger partial charge on any atom is 0.414 e. The topological polar surface area (TPSA) is 67.4 Å². The molecule has 0 radical (unpaired) electrons. The number of amides is 2. The molecule has 0 aromatic heterocycles. The Hall–Kier alpha value is -1.31. The van der Waals surface area contributed by atoms with Crippen LogP contribution in [-0.4, -0.2) is 31.1 Å². The van der Waals surface area contributed by atoms with Gasteiger partial charge in [-0.1, -0.05) is 0 Å². The highest BCUT2D eigenvalue weighted by molar-refractivity contribution is 5.88. The van der Waals surface area contributed by atoms with E-state index < -0.39 is 24.6 Å². The minimum absolute atomic E-state index is 0.0266. The van der Waals surface area contributed by atoms with Crippen LogP contribution in [0.3, 0.4) is 0 Å². The Morgan fingerprint density at radius 2 is 2.27 bits per heavy atom. The average Bonchev–Trinajstić information content (AvgIpc) is 2.49.